The van der Waals surface area contributed by atoms with Crippen molar-refractivity contribution in [2.75, 3.05) is 31.9 Å². The van der Waals surface area contributed by atoms with E-state index in [0.29, 0.717) is 11.8 Å². The molecule has 0 radical (unpaired) electrons. The number of hydrogen-bond donors (Lipinski definition) is 0. The molecule has 4 aliphatic rings. The van der Waals surface area contributed by atoms with Crippen LogP contribution in [-0.4, -0.2) is 66.7 Å². The molecule has 2 spiro atoms. The van der Waals surface area contributed by atoms with E-state index in [9.17, 15) is 18.0 Å². The van der Waals surface area contributed by atoms with Crippen LogP contribution in [0.1, 0.15) is 64.7 Å². The monoisotopic (exact) mass is 396 g/mol. The first-order chi connectivity index (χ1) is 12.8. The third-order valence-electron chi connectivity index (χ3n) is 7.86. The van der Waals surface area contributed by atoms with Gasteiger partial charge in [-0.3, -0.25) is 9.59 Å². The average molecular weight is 397 g/mol. The molecule has 0 N–H and O–H groups in total. The maximum Gasteiger partial charge on any atom is 0.227 e. The quantitative estimate of drug-likeness (QED) is 0.679. The third-order valence-corrected chi connectivity index (χ3v) is 10.4. The molecule has 3 saturated heterocycles. The van der Waals surface area contributed by atoms with Gasteiger partial charge in [-0.05, 0) is 43.9 Å². The molecule has 4 rings (SSSR count). The number of hydrogen-bond acceptors (Lipinski definition) is 4. The van der Waals surface area contributed by atoms with Gasteiger partial charge in [0.25, 0.3) is 0 Å². The highest BCUT2D eigenvalue weighted by molar-refractivity contribution is 7.93. The van der Waals surface area contributed by atoms with E-state index in [4.69, 9.17) is 0 Å². The number of amides is 2. The second-order valence-corrected chi connectivity index (χ2v) is 11.8. The molecule has 1 unspecified atom stereocenters. The molecule has 4 fully saturated rings. The smallest absolute Gasteiger partial charge is 0.227 e. The van der Waals surface area contributed by atoms with Gasteiger partial charge < -0.3 is 9.80 Å². The fourth-order valence-corrected chi connectivity index (χ4v) is 8.35. The van der Waals surface area contributed by atoms with Gasteiger partial charge in [0, 0.05) is 33.1 Å². The van der Waals surface area contributed by atoms with Gasteiger partial charge in [-0.25, -0.2) is 8.42 Å². The van der Waals surface area contributed by atoms with Crippen LogP contribution in [0.3, 0.4) is 0 Å². The maximum absolute atomic E-state index is 13.4. The van der Waals surface area contributed by atoms with Gasteiger partial charge in [0.15, 0.2) is 9.84 Å². The number of nitrogens with zero attached hydrogens (tertiary/aromatic N) is 2. The lowest BCUT2D eigenvalue weighted by molar-refractivity contribution is -0.143. The predicted molar refractivity (Wildman–Crippen MR) is 103 cm³/mol. The number of likely N-dealkylation sites (tertiary alicyclic amines) is 2. The summed E-state index contributed by atoms with van der Waals surface area (Å²) in [6.45, 7) is 3.37. The molecule has 2 amide bonds. The second kappa shape index (κ2) is 6.75. The summed E-state index contributed by atoms with van der Waals surface area (Å²) < 4.78 is 24.4. The first-order valence-electron chi connectivity index (χ1n) is 10.6. The van der Waals surface area contributed by atoms with Crippen LogP contribution in [0.4, 0.5) is 0 Å². The van der Waals surface area contributed by atoms with E-state index >= 15 is 0 Å². The molecule has 1 aliphatic carbocycles. The fourth-order valence-electron chi connectivity index (χ4n) is 6.04. The van der Waals surface area contributed by atoms with Gasteiger partial charge in [-0.15, -0.1) is 0 Å². The van der Waals surface area contributed by atoms with E-state index in [2.05, 4.69) is 0 Å². The lowest BCUT2D eigenvalue weighted by Crippen LogP contribution is -2.69. The molecule has 6 nitrogen and oxygen atoms in total. The Morgan fingerprint density at radius 2 is 1.56 bits per heavy atom. The SMILES string of the molecule is CC(=O)N1CC2(C1)C(C(=O)N1CCCC3(CCCCC3)CC1)CCS2(=O)=O. The highest BCUT2D eigenvalue weighted by atomic mass is 32.2. The summed E-state index contributed by atoms with van der Waals surface area (Å²) in [5.74, 6) is -0.485. The average Bonchev–Trinajstić information content (AvgIpc) is 2.73. The summed E-state index contributed by atoms with van der Waals surface area (Å²) in [5, 5.41) is 0. The highest BCUT2D eigenvalue weighted by Gasteiger charge is 2.64. The first kappa shape index (κ1) is 19.2. The third kappa shape index (κ3) is 3.10. The summed E-state index contributed by atoms with van der Waals surface area (Å²) >= 11 is 0. The first-order valence-corrected chi connectivity index (χ1v) is 12.2. The Labute approximate surface area is 162 Å². The second-order valence-electron chi connectivity index (χ2n) is 9.34. The number of rotatable bonds is 1. The van der Waals surface area contributed by atoms with Crippen LogP contribution in [0.15, 0.2) is 0 Å². The van der Waals surface area contributed by atoms with Crippen molar-refractivity contribution in [3.8, 4) is 0 Å². The molecule has 152 valence electrons. The summed E-state index contributed by atoms with van der Waals surface area (Å²) in [6.07, 6.45) is 10.2. The Balaban J connectivity index is 1.48. The molecule has 3 heterocycles. The van der Waals surface area contributed by atoms with Gasteiger partial charge >= 0.3 is 0 Å². The summed E-state index contributed by atoms with van der Waals surface area (Å²) in [7, 11) is -3.33. The zero-order chi connectivity index (χ0) is 19.3. The van der Waals surface area contributed by atoms with Crippen LogP contribution in [0.2, 0.25) is 0 Å². The zero-order valence-electron chi connectivity index (χ0n) is 16.4. The Morgan fingerprint density at radius 1 is 0.889 bits per heavy atom. The minimum absolute atomic E-state index is 0.0205. The van der Waals surface area contributed by atoms with Crippen molar-refractivity contribution in [2.24, 2.45) is 11.3 Å². The zero-order valence-corrected chi connectivity index (χ0v) is 17.2. The summed E-state index contributed by atoms with van der Waals surface area (Å²) in [6, 6.07) is 0. The number of sulfone groups is 1. The van der Waals surface area contributed by atoms with Crippen LogP contribution >= 0.6 is 0 Å². The van der Waals surface area contributed by atoms with Gasteiger partial charge in [0.2, 0.25) is 11.8 Å². The Kier molecular flexibility index (Phi) is 4.80. The Bertz CT molecular complexity index is 720. The molecule has 7 heteroatoms. The van der Waals surface area contributed by atoms with Crippen molar-refractivity contribution < 1.29 is 18.0 Å². The molecule has 0 aromatic heterocycles. The lowest BCUT2D eigenvalue weighted by Gasteiger charge is -2.49. The van der Waals surface area contributed by atoms with Crippen molar-refractivity contribution in [3.63, 3.8) is 0 Å². The van der Waals surface area contributed by atoms with Crippen LogP contribution in [0.5, 0.6) is 0 Å². The number of carbonyl (C=O) groups excluding carboxylic acids is 2. The molecule has 1 saturated carbocycles. The van der Waals surface area contributed by atoms with E-state index in [1.165, 1.54) is 45.4 Å². The van der Waals surface area contributed by atoms with Gasteiger partial charge in [0.1, 0.15) is 4.75 Å². The van der Waals surface area contributed by atoms with Gasteiger partial charge in [-0.1, -0.05) is 19.3 Å². The molecular formula is C20H32N2O4S. The molecule has 1 atom stereocenters. The van der Waals surface area contributed by atoms with E-state index in [-0.39, 0.29) is 30.7 Å². The molecule has 0 bridgehead atoms. The van der Waals surface area contributed by atoms with Crippen molar-refractivity contribution in [2.45, 2.75) is 69.5 Å². The number of carbonyl (C=O) groups is 2. The molecule has 0 aromatic carbocycles. The Morgan fingerprint density at radius 3 is 2.22 bits per heavy atom. The molecule has 3 aliphatic heterocycles. The van der Waals surface area contributed by atoms with Crippen molar-refractivity contribution >= 4 is 21.7 Å². The minimum atomic E-state index is -3.33. The van der Waals surface area contributed by atoms with Gasteiger partial charge in [-0.2, -0.15) is 0 Å². The largest absolute Gasteiger partial charge is 0.342 e. The van der Waals surface area contributed by atoms with Crippen molar-refractivity contribution in [1.29, 1.82) is 0 Å². The van der Waals surface area contributed by atoms with Gasteiger partial charge in [0.05, 0.1) is 11.7 Å². The minimum Gasteiger partial charge on any atom is -0.342 e. The fraction of sp³-hybridized carbons (Fsp3) is 0.900. The van der Waals surface area contributed by atoms with E-state index < -0.39 is 20.5 Å². The summed E-state index contributed by atoms with van der Waals surface area (Å²) in [4.78, 5) is 28.5. The highest BCUT2D eigenvalue weighted by Crippen LogP contribution is 2.47. The molecule has 0 aromatic rings. The van der Waals surface area contributed by atoms with Crippen LogP contribution in [-0.2, 0) is 19.4 Å². The van der Waals surface area contributed by atoms with Crippen LogP contribution < -0.4 is 0 Å². The maximum atomic E-state index is 13.4. The molecular weight excluding hydrogens is 364 g/mol. The lowest BCUT2D eigenvalue weighted by atomic mass is 9.69. The normalized spacial score (nSPS) is 31.5. The Hall–Kier alpha value is -1.11. The van der Waals surface area contributed by atoms with Crippen molar-refractivity contribution in [3.05, 3.63) is 0 Å². The molecule has 27 heavy (non-hydrogen) atoms. The predicted octanol–water partition coefficient (Wildman–Crippen LogP) is 1.98. The standard InChI is InChI=1S/C20H32N2O4S/c1-16(23)22-14-20(15-22)17(6-13-27(20,25)26)18(24)21-11-5-9-19(10-12-21)7-3-2-4-8-19/h17H,2-15H2,1H3. The van der Waals surface area contributed by atoms with E-state index in [1.807, 2.05) is 4.90 Å². The topological polar surface area (TPSA) is 74.8 Å². The van der Waals surface area contributed by atoms with Crippen molar-refractivity contribution in [1.82, 2.24) is 9.80 Å². The summed E-state index contributed by atoms with van der Waals surface area (Å²) in [5.41, 5.74) is 0.411. The van der Waals surface area contributed by atoms with E-state index in [1.54, 1.807) is 4.90 Å². The van der Waals surface area contributed by atoms with Crippen LogP contribution in [0, 0.1) is 11.3 Å². The van der Waals surface area contributed by atoms with Crippen LogP contribution in [0.25, 0.3) is 0 Å². The van der Waals surface area contributed by atoms with E-state index in [0.717, 1.165) is 25.9 Å².